The third kappa shape index (κ3) is 6.38. The van der Waals surface area contributed by atoms with Crippen LogP contribution < -0.4 is 5.32 Å². The van der Waals surface area contributed by atoms with E-state index >= 15 is 0 Å². The highest BCUT2D eigenvalue weighted by Gasteiger charge is 2.21. The van der Waals surface area contributed by atoms with E-state index in [4.69, 9.17) is 0 Å². The maximum absolute atomic E-state index is 11.1. The first-order valence-corrected chi connectivity index (χ1v) is 8.65. The summed E-state index contributed by atoms with van der Waals surface area (Å²) in [4.78, 5) is 2.48. The SMILES string of the molecule is CNCCC1CCCCN1CCCS(C)(=O)=O. The molecule has 0 aliphatic carbocycles. The molecular formula is C12H26N2O2S. The molecule has 1 aliphatic rings. The molecule has 5 heteroatoms. The van der Waals surface area contributed by atoms with Gasteiger partial charge in [-0.25, -0.2) is 8.42 Å². The zero-order valence-electron chi connectivity index (χ0n) is 11.1. The molecule has 0 aromatic carbocycles. The van der Waals surface area contributed by atoms with Crippen molar-refractivity contribution in [2.24, 2.45) is 0 Å². The number of rotatable bonds is 7. The second-order valence-electron chi connectivity index (χ2n) is 5.06. The van der Waals surface area contributed by atoms with Crippen LogP contribution in [-0.2, 0) is 9.84 Å². The van der Waals surface area contributed by atoms with Crippen LogP contribution in [0.25, 0.3) is 0 Å². The summed E-state index contributed by atoms with van der Waals surface area (Å²) in [7, 11) is -0.815. The van der Waals surface area contributed by atoms with Crippen molar-refractivity contribution < 1.29 is 8.42 Å². The molecule has 0 radical (unpaired) electrons. The molecule has 1 atom stereocenters. The third-order valence-electron chi connectivity index (χ3n) is 3.44. The van der Waals surface area contributed by atoms with E-state index < -0.39 is 9.84 Å². The molecule has 102 valence electrons. The fourth-order valence-corrected chi connectivity index (χ4v) is 3.18. The Bertz CT molecular complexity index is 304. The van der Waals surface area contributed by atoms with Gasteiger partial charge in [0.2, 0.25) is 0 Å². The van der Waals surface area contributed by atoms with Crippen molar-refractivity contribution in [3.63, 3.8) is 0 Å². The van der Waals surface area contributed by atoms with Crippen molar-refractivity contribution in [1.29, 1.82) is 0 Å². The Labute approximate surface area is 106 Å². The van der Waals surface area contributed by atoms with Gasteiger partial charge in [0.1, 0.15) is 9.84 Å². The second kappa shape index (κ2) is 7.34. The predicted octanol–water partition coefficient (Wildman–Crippen LogP) is 0.885. The Balaban J connectivity index is 2.32. The summed E-state index contributed by atoms with van der Waals surface area (Å²) in [5, 5.41) is 3.19. The number of nitrogens with zero attached hydrogens (tertiary/aromatic N) is 1. The minimum absolute atomic E-state index is 0.322. The van der Waals surface area contributed by atoms with Gasteiger partial charge in [-0.3, -0.25) is 0 Å². The molecule has 1 fully saturated rings. The van der Waals surface area contributed by atoms with Crippen molar-refractivity contribution in [2.45, 2.75) is 38.1 Å². The van der Waals surface area contributed by atoms with Crippen LogP contribution in [-0.4, -0.2) is 58.1 Å². The van der Waals surface area contributed by atoms with Crippen LogP contribution >= 0.6 is 0 Å². The molecule has 1 aliphatic heterocycles. The predicted molar refractivity (Wildman–Crippen MR) is 72.1 cm³/mol. The fraction of sp³-hybridized carbons (Fsp3) is 1.00. The monoisotopic (exact) mass is 262 g/mol. The lowest BCUT2D eigenvalue weighted by molar-refractivity contribution is 0.141. The molecule has 0 saturated carbocycles. The van der Waals surface area contributed by atoms with Crippen LogP contribution in [0.2, 0.25) is 0 Å². The van der Waals surface area contributed by atoms with Crippen LogP contribution in [0.3, 0.4) is 0 Å². The highest BCUT2D eigenvalue weighted by atomic mass is 32.2. The van der Waals surface area contributed by atoms with E-state index in [-0.39, 0.29) is 0 Å². The van der Waals surface area contributed by atoms with Crippen LogP contribution in [0.5, 0.6) is 0 Å². The van der Waals surface area contributed by atoms with Crippen molar-refractivity contribution in [2.75, 3.05) is 38.7 Å². The average molecular weight is 262 g/mol. The van der Waals surface area contributed by atoms with Gasteiger partial charge in [-0.15, -0.1) is 0 Å². The Morgan fingerprint density at radius 3 is 2.76 bits per heavy atom. The quantitative estimate of drug-likeness (QED) is 0.740. The Morgan fingerprint density at radius 1 is 1.35 bits per heavy atom. The lowest BCUT2D eigenvalue weighted by atomic mass is 9.99. The maximum Gasteiger partial charge on any atom is 0.147 e. The minimum atomic E-state index is -2.80. The number of hydrogen-bond acceptors (Lipinski definition) is 4. The molecule has 1 heterocycles. The van der Waals surface area contributed by atoms with E-state index in [1.54, 1.807) is 0 Å². The number of sulfone groups is 1. The molecule has 0 bridgehead atoms. The van der Waals surface area contributed by atoms with E-state index in [0.29, 0.717) is 11.8 Å². The Morgan fingerprint density at radius 2 is 2.12 bits per heavy atom. The summed E-state index contributed by atoms with van der Waals surface area (Å²) in [6.45, 7) is 3.12. The molecule has 0 aromatic rings. The van der Waals surface area contributed by atoms with Crippen molar-refractivity contribution >= 4 is 9.84 Å². The number of piperidine rings is 1. The van der Waals surface area contributed by atoms with Crippen LogP contribution in [0.15, 0.2) is 0 Å². The second-order valence-corrected chi connectivity index (χ2v) is 7.32. The zero-order chi connectivity index (χ0) is 12.7. The van der Waals surface area contributed by atoms with Gasteiger partial charge in [0.15, 0.2) is 0 Å². The summed E-state index contributed by atoms with van der Waals surface area (Å²) in [5.74, 6) is 0.322. The molecule has 1 saturated heterocycles. The first kappa shape index (κ1) is 14.9. The highest BCUT2D eigenvalue weighted by molar-refractivity contribution is 7.90. The smallest absolute Gasteiger partial charge is 0.147 e. The van der Waals surface area contributed by atoms with E-state index in [1.165, 1.54) is 31.9 Å². The molecule has 1 rings (SSSR count). The summed E-state index contributed by atoms with van der Waals surface area (Å²) in [6.07, 6.45) is 7.11. The maximum atomic E-state index is 11.1. The normalized spacial score (nSPS) is 22.8. The van der Waals surface area contributed by atoms with Crippen molar-refractivity contribution in [1.82, 2.24) is 10.2 Å². The molecule has 0 aromatic heterocycles. The summed E-state index contributed by atoms with van der Waals surface area (Å²) >= 11 is 0. The number of nitrogens with one attached hydrogen (secondary N) is 1. The molecule has 17 heavy (non-hydrogen) atoms. The summed E-state index contributed by atoms with van der Waals surface area (Å²) in [6, 6.07) is 0.649. The van der Waals surface area contributed by atoms with Gasteiger partial charge in [-0.05, 0) is 52.4 Å². The average Bonchev–Trinajstić information content (AvgIpc) is 2.26. The molecule has 1 N–H and O–H groups in total. The summed E-state index contributed by atoms with van der Waals surface area (Å²) in [5.41, 5.74) is 0. The van der Waals surface area contributed by atoms with Crippen LogP contribution in [0, 0.1) is 0 Å². The van der Waals surface area contributed by atoms with Gasteiger partial charge < -0.3 is 10.2 Å². The van der Waals surface area contributed by atoms with E-state index in [1.807, 2.05) is 7.05 Å². The van der Waals surface area contributed by atoms with E-state index in [2.05, 4.69) is 10.2 Å². The first-order chi connectivity index (χ1) is 8.03. The first-order valence-electron chi connectivity index (χ1n) is 6.59. The Hall–Kier alpha value is -0.130. The van der Waals surface area contributed by atoms with Gasteiger partial charge in [-0.1, -0.05) is 6.42 Å². The zero-order valence-corrected chi connectivity index (χ0v) is 11.9. The van der Waals surface area contributed by atoms with Gasteiger partial charge >= 0.3 is 0 Å². The Kier molecular flexibility index (Phi) is 6.44. The summed E-state index contributed by atoms with van der Waals surface area (Å²) < 4.78 is 22.2. The van der Waals surface area contributed by atoms with Gasteiger partial charge in [0, 0.05) is 12.3 Å². The topological polar surface area (TPSA) is 49.4 Å². The van der Waals surface area contributed by atoms with Crippen LogP contribution in [0.1, 0.15) is 32.1 Å². The molecule has 1 unspecified atom stereocenters. The van der Waals surface area contributed by atoms with E-state index in [9.17, 15) is 8.42 Å². The number of likely N-dealkylation sites (tertiary alicyclic amines) is 1. The minimum Gasteiger partial charge on any atom is -0.320 e. The third-order valence-corrected chi connectivity index (χ3v) is 4.47. The standard InChI is InChI=1S/C12H26N2O2S/c1-13-8-7-12-6-3-4-9-14(12)10-5-11-17(2,15)16/h12-13H,3-11H2,1-2H3. The van der Waals surface area contributed by atoms with Gasteiger partial charge in [-0.2, -0.15) is 0 Å². The molecule has 0 spiro atoms. The van der Waals surface area contributed by atoms with Crippen molar-refractivity contribution in [3.05, 3.63) is 0 Å². The van der Waals surface area contributed by atoms with Crippen LogP contribution in [0.4, 0.5) is 0 Å². The van der Waals surface area contributed by atoms with Crippen molar-refractivity contribution in [3.8, 4) is 0 Å². The largest absolute Gasteiger partial charge is 0.320 e. The van der Waals surface area contributed by atoms with Gasteiger partial charge in [0.05, 0.1) is 5.75 Å². The highest BCUT2D eigenvalue weighted by Crippen LogP contribution is 2.19. The lowest BCUT2D eigenvalue weighted by Gasteiger charge is -2.35. The number of hydrogen-bond donors (Lipinski definition) is 1. The molecule has 4 nitrogen and oxygen atoms in total. The molecular weight excluding hydrogens is 236 g/mol. The van der Waals surface area contributed by atoms with E-state index in [0.717, 1.165) is 26.1 Å². The fourth-order valence-electron chi connectivity index (χ4n) is 2.52. The van der Waals surface area contributed by atoms with Gasteiger partial charge in [0.25, 0.3) is 0 Å². The lowest BCUT2D eigenvalue weighted by Crippen LogP contribution is -2.41. The molecule has 0 amide bonds.